The molecule has 140 valence electrons. The van der Waals surface area contributed by atoms with Crippen LogP contribution in [0.1, 0.15) is 26.8 Å². The van der Waals surface area contributed by atoms with E-state index >= 15 is 0 Å². The van der Waals surface area contributed by atoms with E-state index in [4.69, 9.17) is 4.74 Å². The number of fused-ring (bicyclic) bond motifs is 1. The third kappa shape index (κ3) is 3.40. The zero-order chi connectivity index (χ0) is 19.0. The molecule has 0 atom stereocenters. The van der Waals surface area contributed by atoms with E-state index in [1.54, 1.807) is 0 Å². The minimum Gasteiger partial charge on any atom is -0.378 e. The number of anilines is 2. The van der Waals surface area contributed by atoms with Crippen molar-refractivity contribution in [2.24, 2.45) is 0 Å². The maximum Gasteiger partial charge on any atom is 0.266 e. The maximum absolute atomic E-state index is 13.0. The van der Waals surface area contributed by atoms with Crippen molar-refractivity contribution in [2.75, 3.05) is 36.5 Å². The van der Waals surface area contributed by atoms with Crippen LogP contribution in [0, 0.1) is 20.8 Å². The van der Waals surface area contributed by atoms with Gasteiger partial charge in [-0.3, -0.25) is 4.79 Å². The number of hydrogen-bond acceptors (Lipinski definition) is 6. The second-order valence-electron chi connectivity index (χ2n) is 6.66. The van der Waals surface area contributed by atoms with Crippen LogP contribution in [0.25, 0.3) is 10.2 Å². The van der Waals surface area contributed by atoms with E-state index < -0.39 is 0 Å². The normalized spacial score (nSPS) is 14.6. The first-order valence-electron chi connectivity index (χ1n) is 9.02. The molecule has 0 radical (unpaired) electrons. The van der Waals surface area contributed by atoms with Gasteiger partial charge in [-0.15, -0.1) is 11.3 Å². The van der Waals surface area contributed by atoms with Crippen molar-refractivity contribution in [3.8, 4) is 0 Å². The number of nitrogens with one attached hydrogen (secondary N) is 1. The van der Waals surface area contributed by atoms with E-state index in [9.17, 15) is 4.79 Å². The summed E-state index contributed by atoms with van der Waals surface area (Å²) >= 11 is 1.42. The number of benzene rings is 1. The molecule has 1 saturated heterocycles. The number of carbonyl (C=O) groups is 1. The highest BCUT2D eigenvalue weighted by Crippen LogP contribution is 2.33. The Morgan fingerprint density at radius 2 is 1.89 bits per heavy atom. The van der Waals surface area contributed by atoms with Crippen molar-refractivity contribution in [1.82, 2.24) is 9.97 Å². The molecule has 7 heteroatoms. The Bertz CT molecular complexity index is 1010. The second-order valence-corrected chi connectivity index (χ2v) is 7.66. The zero-order valence-corrected chi connectivity index (χ0v) is 16.5. The van der Waals surface area contributed by atoms with Gasteiger partial charge in [0.15, 0.2) is 0 Å². The number of carbonyl (C=O) groups excluding carboxylic acids is 1. The van der Waals surface area contributed by atoms with Gasteiger partial charge >= 0.3 is 0 Å². The largest absolute Gasteiger partial charge is 0.378 e. The average Bonchev–Trinajstić information content (AvgIpc) is 2.99. The molecule has 3 heterocycles. The van der Waals surface area contributed by atoms with Gasteiger partial charge in [-0.25, -0.2) is 9.97 Å². The fraction of sp³-hybridized carbons (Fsp3) is 0.350. The average molecular weight is 382 g/mol. The van der Waals surface area contributed by atoms with Crippen molar-refractivity contribution in [3.05, 3.63) is 46.2 Å². The first-order chi connectivity index (χ1) is 13.0. The molecule has 6 nitrogen and oxygen atoms in total. The van der Waals surface area contributed by atoms with Gasteiger partial charge in [0.2, 0.25) is 0 Å². The molecule has 1 amide bonds. The number of aromatic nitrogens is 2. The molecule has 1 aliphatic heterocycles. The summed E-state index contributed by atoms with van der Waals surface area (Å²) in [5, 5.41) is 4.08. The molecule has 2 aromatic heterocycles. The molecule has 0 saturated carbocycles. The van der Waals surface area contributed by atoms with Crippen LogP contribution in [0.3, 0.4) is 0 Å². The number of para-hydroxylation sites is 2. The Labute approximate surface area is 162 Å². The summed E-state index contributed by atoms with van der Waals surface area (Å²) in [7, 11) is 0. The lowest BCUT2D eigenvalue weighted by Crippen LogP contribution is -2.36. The highest BCUT2D eigenvalue weighted by Gasteiger charge is 2.21. The number of ether oxygens (including phenoxy) is 1. The van der Waals surface area contributed by atoms with Gasteiger partial charge in [-0.1, -0.05) is 12.1 Å². The molecule has 27 heavy (non-hydrogen) atoms. The fourth-order valence-electron chi connectivity index (χ4n) is 3.53. The Balaban J connectivity index is 1.66. The Hall–Kier alpha value is -2.51. The Kier molecular flexibility index (Phi) is 4.80. The standard InChI is InChI=1S/C20H22N4O2S/c1-12-17-13(2)21-14(3)22-20(17)27-18(12)19(25)23-15-6-4-5-7-16(15)24-8-10-26-11-9-24/h4-7H,8-11H2,1-3H3,(H,23,25). The highest BCUT2D eigenvalue weighted by atomic mass is 32.1. The zero-order valence-electron chi connectivity index (χ0n) is 15.7. The van der Waals surface area contributed by atoms with E-state index in [-0.39, 0.29) is 5.91 Å². The highest BCUT2D eigenvalue weighted by molar-refractivity contribution is 7.20. The van der Waals surface area contributed by atoms with Crippen molar-refractivity contribution in [3.63, 3.8) is 0 Å². The summed E-state index contributed by atoms with van der Waals surface area (Å²) in [5.41, 5.74) is 3.70. The van der Waals surface area contributed by atoms with Crippen LogP contribution in [-0.4, -0.2) is 42.2 Å². The Morgan fingerprint density at radius 1 is 1.15 bits per heavy atom. The van der Waals surface area contributed by atoms with Crippen LogP contribution >= 0.6 is 11.3 Å². The topological polar surface area (TPSA) is 67.4 Å². The molecule has 0 aliphatic carbocycles. The summed E-state index contributed by atoms with van der Waals surface area (Å²) < 4.78 is 5.44. The lowest BCUT2D eigenvalue weighted by Gasteiger charge is -2.30. The van der Waals surface area contributed by atoms with Gasteiger partial charge in [0, 0.05) is 24.2 Å². The molecule has 1 aromatic carbocycles. The lowest BCUT2D eigenvalue weighted by atomic mass is 10.1. The molecule has 0 spiro atoms. The van der Waals surface area contributed by atoms with Crippen LogP contribution in [0.2, 0.25) is 0 Å². The second kappa shape index (κ2) is 7.25. The first-order valence-corrected chi connectivity index (χ1v) is 9.83. The van der Waals surface area contributed by atoms with E-state index in [2.05, 4.69) is 20.2 Å². The molecule has 1 fully saturated rings. The summed E-state index contributed by atoms with van der Waals surface area (Å²) in [6, 6.07) is 7.92. The smallest absolute Gasteiger partial charge is 0.266 e. The van der Waals surface area contributed by atoms with E-state index in [0.29, 0.717) is 18.1 Å². The minimum atomic E-state index is -0.103. The van der Waals surface area contributed by atoms with Crippen molar-refractivity contribution >= 4 is 38.8 Å². The molecule has 4 rings (SSSR count). The SMILES string of the molecule is Cc1nc(C)c2c(C)c(C(=O)Nc3ccccc3N3CCOCC3)sc2n1. The van der Waals surface area contributed by atoms with Gasteiger partial charge in [-0.05, 0) is 38.5 Å². The van der Waals surface area contributed by atoms with Crippen LogP contribution in [0.4, 0.5) is 11.4 Å². The minimum absolute atomic E-state index is 0.103. The molecule has 0 unspecified atom stereocenters. The number of nitrogens with zero attached hydrogens (tertiary/aromatic N) is 3. The maximum atomic E-state index is 13.0. The van der Waals surface area contributed by atoms with Crippen molar-refractivity contribution in [2.45, 2.75) is 20.8 Å². The van der Waals surface area contributed by atoms with E-state index in [1.165, 1.54) is 11.3 Å². The quantitative estimate of drug-likeness (QED) is 0.748. The molecular weight excluding hydrogens is 360 g/mol. The summed E-state index contributed by atoms with van der Waals surface area (Å²) in [5.74, 6) is 0.624. The third-order valence-electron chi connectivity index (χ3n) is 4.79. The number of rotatable bonds is 3. The predicted molar refractivity (Wildman–Crippen MR) is 109 cm³/mol. The van der Waals surface area contributed by atoms with Crippen LogP contribution < -0.4 is 10.2 Å². The summed E-state index contributed by atoms with van der Waals surface area (Å²) in [6.45, 7) is 8.86. The molecule has 0 bridgehead atoms. The van der Waals surface area contributed by atoms with Gasteiger partial charge in [-0.2, -0.15) is 0 Å². The number of morpholine rings is 1. The molecule has 1 N–H and O–H groups in total. The van der Waals surface area contributed by atoms with Gasteiger partial charge in [0.25, 0.3) is 5.91 Å². The van der Waals surface area contributed by atoms with Gasteiger partial charge < -0.3 is 15.0 Å². The van der Waals surface area contributed by atoms with Crippen molar-refractivity contribution < 1.29 is 9.53 Å². The van der Waals surface area contributed by atoms with E-state index in [1.807, 2.05) is 45.0 Å². The monoisotopic (exact) mass is 382 g/mol. The van der Waals surface area contributed by atoms with E-state index in [0.717, 1.165) is 51.8 Å². The number of aryl methyl sites for hydroxylation is 3. The van der Waals surface area contributed by atoms with Crippen LogP contribution in [0.15, 0.2) is 24.3 Å². The third-order valence-corrected chi connectivity index (χ3v) is 5.98. The van der Waals surface area contributed by atoms with Crippen LogP contribution in [-0.2, 0) is 4.74 Å². The first kappa shape index (κ1) is 17.9. The number of amides is 1. The fourth-order valence-corrected chi connectivity index (χ4v) is 4.70. The summed E-state index contributed by atoms with van der Waals surface area (Å²) in [6.07, 6.45) is 0. The number of thiophene rings is 1. The number of hydrogen-bond donors (Lipinski definition) is 1. The van der Waals surface area contributed by atoms with Gasteiger partial charge in [0.05, 0.1) is 29.5 Å². The van der Waals surface area contributed by atoms with Crippen LogP contribution in [0.5, 0.6) is 0 Å². The molecule has 3 aromatic rings. The lowest BCUT2D eigenvalue weighted by molar-refractivity contribution is 0.103. The molecule has 1 aliphatic rings. The molecular formula is C20H22N4O2S. The van der Waals surface area contributed by atoms with Gasteiger partial charge in [0.1, 0.15) is 10.7 Å². The Morgan fingerprint density at radius 3 is 2.67 bits per heavy atom. The van der Waals surface area contributed by atoms with Crippen molar-refractivity contribution in [1.29, 1.82) is 0 Å². The summed E-state index contributed by atoms with van der Waals surface area (Å²) in [4.78, 5) is 25.8. The predicted octanol–water partition coefficient (Wildman–Crippen LogP) is 3.71.